The summed E-state index contributed by atoms with van der Waals surface area (Å²) in [5.74, 6) is 1.94. The zero-order valence-electron chi connectivity index (χ0n) is 12.6. The van der Waals surface area contributed by atoms with Gasteiger partial charge in [-0.25, -0.2) is 4.98 Å². The molecule has 0 saturated heterocycles. The van der Waals surface area contributed by atoms with Crippen molar-refractivity contribution < 1.29 is 0 Å². The second-order valence-electron chi connectivity index (χ2n) is 6.09. The smallest absolute Gasteiger partial charge is 0.120 e. The van der Waals surface area contributed by atoms with Crippen molar-refractivity contribution >= 4 is 0 Å². The summed E-state index contributed by atoms with van der Waals surface area (Å²) in [7, 11) is 0. The summed E-state index contributed by atoms with van der Waals surface area (Å²) in [4.78, 5) is 7.95. The molecule has 1 aromatic heterocycles. The number of hydrogen-bond acceptors (Lipinski definition) is 2. The van der Waals surface area contributed by atoms with E-state index in [0.29, 0.717) is 0 Å². The maximum absolute atomic E-state index is 4.50. The molecule has 1 heterocycles. The second kappa shape index (κ2) is 5.41. The van der Waals surface area contributed by atoms with Gasteiger partial charge < -0.3 is 10.3 Å². The highest BCUT2D eigenvalue weighted by atomic mass is 15.0. The van der Waals surface area contributed by atoms with Crippen molar-refractivity contribution in [2.24, 2.45) is 5.92 Å². The van der Waals surface area contributed by atoms with Crippen LogP contribution in [-0.4, -0.2) is 16.5 Å². The number of benzene rings is 1. The molecule has 3 heteroatoms. The standard InChI is InChI=1S/C17H23N3/c1-11-6-12(2)17(13(3)7-11)15-9-19-16(20-15)10-18-8-14-4-5-14/h6-7,9,14,18H,4-5,8,10H2,1-3H3,(H,19,20). The Bertz CT molecular complexity index is 585. The normalized spacial score (nSPS) is 14.8. The van der Waals surface area contributed by atoms with Crippen molar-refractivity contribution in [2.75, 3.05) is 6.54 Å². The zero-order chi connectivity index (χ0) is 14.1. The van der Waals surface area contributed by atoms with Gasteiger partial charge in [0.2, 0.25) is 0 Å². The largest absolute Gasteiger partial charge is 0.341 e. The average molecular weight is 269 g/mol. The minimum Gasteiger partial charge on any atom is -0.341 e. The Kier molecular flexibility index (Phi) is 3.62. The first-order chi connectivity index (χ1) is 9.63. The van der Waals surface area contributed by atoms with E-state index in [2.05, 4.69) is 48.2 Å². The van der Waals surface area contributed by atoms with Crippen LogP contribution in [0.1, 0.15) is 35.4 Å². The SMILES string of the molecule is Cc1cc(C)c(-c2cnc(CNCC3CC3)[nH]2)c(C)c1. The highest BCUT2D eigenvalue weighted by Crippen LogP contribution is 2.28. The fourth-order valence-corrected chi connectivity index (χ4v) is 2.90. The lowest BCUT2D eigenvalue weighted by molar-refractivity contribution is 0.623. The maximum atomic E-state index is 4.50. The molecule has 1 aliphatic carbocycles. The maximum Gasteiger partial charge on any atom is 0.120 e. The number of aromatic amines is 1. The first-order valence-electron chi connectivity index (χ1n) is 7.46. The Morgan fingerprint density at radius 1 is 1.20 bits per heavy atom. The van der Waals surface area contributed by atoms with Gasteiger partial charge >= 0.3 is 0 Å². The van der Waals surface area contributed by atoms with Crippen LogP contribution in [0.2, 0.25) is 0 Å². The Labute approximate surface area is 120 Å². The lowest BCUT2D eigenvalue weighted by atomic mass is 9.98. The monoisotopic (exact) mass is 269 g/mol. The van der Waals surface area contributed by atoms with E-state index in [9.17, 15) is 0 Å². The minimum atomic E-state index is 0.834. The molecule has 2 N–H and O–H groups in total. The molecule has 1 aliphatic rings. The highest BCUT2D eigenvalue weighted by Gasteiger charge is 2.20. The van der Waals surface area contributed by atoms with Gasteiger partial charge in [-0.1, -0.05) is 17.7 Å². The molecule has 1 fully saturated rings. The number of H-pyrrole nitrogens is 1. The fourth-order valence-electron chi connectivity index (χ4n) is 2.90. The Hall–Kier alpha value is -1.61. The number of rotatable bonds is 5. The van der Waals surface area contributed by atoms with Gasteiger partial charge in [-0.05, 0) is 57.2 Å². The molecule has 0 spiro atoms. The first kappa shape index (κ1) is 13.4. The Morgan fingerprint density at radius 2 is 1.90 bits per heavy atom. The molecule has 3 nitrogen and oxygen atoms in total. The van der Waals surface area contributed by atoms with Gasteiger partial charge in [0.1, 0.15) is 5.82 Å². The number of aromatic nitrogens is 2. The summed E-state index contributed by atoms with van der Waals surface area (Å²) in [6.07, 6.45) is 4.73. The fraction of sp³-hybridized carbons (Fsp3) is 0.471. The molecule has 0 bridgehead atoms. The van der Waals surface area contributed by atoms with Crippen LogP contribution in [0, 0.1) is 26.7 Å². The van der Waals surface area contributed by atoms with E-state index in [-0.39, 0.29) is 0 Å². The molecule has 106 valence electrons. The van der Waals surface area contributed by atoms with E-state index in [1.807, 2.05) is 6.20 Å². The van der Waals surface area contributed by atoms with E-state index in [1.165, 1.54) is 35.1 Å². The van der Waals surface area contributed by atoms with E-state index in [0.717, 1.165) is 30.5 Å². The minimum absolute atomic E-state index is 0.834. The molecule has 3 rings (SSSR count). The van der Waals surface area contributed by atoms with Crippen molar-refractivity contribution in [3.05, 3.63) is 40.8 Å². The van der Waals surface area contributed by atoms with Crippen LogP contribution >= 0.6 is 0 Å². The van der Waals surface area contributed by atoms with Gasteiger partial charge in [-0.3, -0.25) is 0 Å². The van der Waals surface area contributed by atoms with Crippen LogP contribution in [0.5, 0.6) is 0 Å². The molecule has 2 aromatic rings. The Morgan fingerprint density at radius 3 is 2.55 bits per heavy atom. The third kappa shape index (κ3) is 2.93. The zero-order valence-corrected chi connectivity index (χ0v) is 12.6. The molecule has 1 aromatic carbocycles. The van der Waals surface area contributed by atoms with Crippen molar-refractivity contribution in [1.82, 2.24) is 15.3 Å². The van der Waals surface area contributed by atoms with Crippen LogP contribution in [0.15, 0.2) is 18.3 Å². The van der Waals surface area contributed by atoms with Crippen LogP contribution < -0.4 is 5.32 Å². The van der Waals surface area contributed by atoms with Crippen molar-refractivity contribution in [1.29, 1.82) is 0 Å². The molecular weight excluding hydrogens is 246 g/mol. The molecule has 0 radical (unpaired) electrons. The number of hydrogen-bond donors (Lipinski definition) is 2. The highest BCUT2D eigenvalue weighted by molar-refractivity contribution is 5.67. The summed E-state index contributed by atoms with van der Waals surface area (Å²) in [6, 6.07) is 4.46. The predicted molar refractivity (Wildman–Crippen MR) is 82.7 cm³/mol. The molecule has 20 heavy (non-hydrogen) atoms. The van der Waals surface area contributed by atoms with E-state index in [4.69, 9.17) is 0 Å². The van der Waals surface area contributed by atoms with Gasteiger partial charge in [0.15, 0.2) is 0 Å². The van der Waals surface area contributed by atoms with Crippen LogP contribution in [0.3, 0.4) is 0 Å². The van der Waals surface area contributed by atoms with Crippen molar-refractivity contribution in [3.63, 3.8) is 0 Å². The van der Waals surface area contributed by atoms with Crippen molar-refractivity contribution in [2.45, 2.75) is 40.2 Å². The van der Waals surface area contributed by atoms with Gasteiger partial charge in [-0.2, -0.15) is 0 Å². The summed E-state index contributed by atoms with van der Waals surface area (Å²) in [5.41, 5.74) is 6.35. The third-order valence-corrected chi connectivity index (χ3v) is 4.00. The average Bonchev–Trinajstić information content (AvgIpc) is 3.07. The predicted octanol–water partition coefficient (Wildman–Crippen LogP) is 3.50. The first-order valence-corrected chi connectivity index (χ1v) is 7.46. The topological polar surface area (TPSA) is 40.7 Å². The molecular formula is C17H23N3. The van der Waals surface area contributed by atoms with Gasteiger partial charge in [0.05, 0.1) is 18.4 Å². The lowest BCUT2D eigenvalue weighted by Gasteiger charge is -2.09. The number of imidazole rings is 1. The summed E-state index contributed by atoms with van der Waals surface area (Å²) < 4.78 is 0. The third-order valence-electron chi connectivity index (χ3n) is 4.00. The van der Waals surface area contributed by atoms with E-state index in [1.54, 1.807) is 0 Å². The second-order valence-corrected chi connectivity index (χ2v) is 6.09. The van der Waals surface area contributed by atoms with E-state index < -0.39 is 0 Å². The number of nitrogens with zero attached hydrogens (tertiary/aromatic N) is 1. The van der Waals surface area contributed by atoms with E-state index >= 15 is 0 Å². The quantitative estimate of drug-likeness (QED) is 0.872. The van der Waals surface area contributed by atoms with Crippen LogP contribution in [-0.2, 0) is 6.54 Å². The Balaban J connectivity index is 1.75. The molecule has 0 atom stereocenters. The van der Waals surface area contributed by atoms with Gasteiger partial charge in [0, 0.05) is 5.56 Å². The van der Waals surface area contributed by atoms with Crippen molar-refractivity contribution in [3.8, 4) is 11.3 Å². The molecule has 0 amide bonds. The lowest BCUT2D eigenvalue weighted by Crippen LogP contribution is -2.16. The summed E-state index contributed by atoms with van der Waals surface area (Å²) in [5, 5.41) is 3.47. The molecule has 0 unspecified atom stereocenters. The summed E-state index contributed by atoms with van der Waals surface area (Å²) in [6.45, 7) is 8.44. The van der Waals surface area contributed by atoms with Crippen LogP contribution in [0.25, 0.3) is 11.3 Å². The number of nitrogens with one attached hydrogen (secondary N) is 2. The molecule has 1 saturated carbocycles. The van der Waals surface area contributed by atoms with Gasteiger partial charge in [0.25, 0.3) is 0 Å². The van der Waals surface area contributed by atoms with Gasteiger partial charge in [-0.15, -0.1) is 0 Å². The number of aryl methyl sites for hydroxylation is 3. The molecule has 0 aliphatic heterocycles. The summed E-state index contributed by atoms with van der Waals surface area (Å²) >= 11 is 0. The van der Waals surface area contributed by atoms with Crippen LogP contribution in [0.4, 0.5) is 0 Å².